The number of para-hydroxylation sites is 1. The van der Waals surface area contributed by atoms with E-state index in [1.54, 1.807) is 19.1 Å². The van der Waals surface area contributed by atoms with Gasteiger partial charge in [0.25, 0.3) is 5.91 Å². The van der Waals surface area contributed by atoms with Gasteiger partial charge in [-0.25, -0.2) is 9.18 Å². The van der Waals surface area contributed by atoms with Crippen molar-refractivity contribution in [3.8, 4) is 0 Å². The maximum absolute atomic E-state index is 13.5. The van der Waals surface area contributed by atoms with Gasteiger partial charge < -0.3 is 20.4 Å². The molecule has 0 fully saturated rings. The van der Waals surface area contributed by atoms with E-state index >= 15 is 0 Å². The number of urea groups is 1. The molecule has 1 heterocycles. The predicted octanol–water partition coefficient (Wildman–Crippen LogP) is 3.67. The van der Waals surface area contributed by atoms with Gasteiger partial charge in [0, 0.05) is 24.0 Å². The average molecular weight is 383 g/mol. The Kier molecular flexibility index (Phi) is 5.93. The standard InChI is InChI=1S/C21H22FN3O3/c1-13-7-8-16(11-17(13)22)20(26)23-9-10-24-21(27)25-14(2)19-12-15-5-3-4-6-18(15)28-19/h3-8,11-12,14H,9-10H2,1-2H3,(H,23,26)(H2,24,25,27). The van der Waals surface area contributed by atoms with Crippen molar-refractivity contribution in [3.05, 3.63) is 71.2 Å². The first-order valence-electron chi connectivity index (χ1n) is 9.01. The molecule has 3 amide bonds. The lowest BCUT2D eigenvalue weighted by Gasteiger charge is -2.13. The smallest absolute Gasteiger partial charge is 0.315 e. The van der Waals surface area contributed by atoms with E-state index in [2.05, 4.69) is 16.0 Å². The summed E-state index contributed by atoms with van der Waals surface area (Å²) < 4.78 is 19.2. The molecule has 3 rings (SSSR count). The Labute approximate surface area is 162 Å². The van der Waals surface area contributed by atoms with Crippen LogP contribution in [0, 0.1) is 12.7 Å². The van der Waals surface area contributed by atoms with E-state index in [4.69, 9.17) is 4.42 Å². The van der Waals surface area contributed by atoms with Crippen molar-refractivity contribution in [2.45, 2.75) is 19.9 Å². The Hall–Kier alpha value is -3.35. The molecule has 3 aromatic rings. The van der Waals surface area contributed by atoms with Crippen molar-refractivity contribution in [2.24, 2.45) is 0 Å². The lowest BCUT2D eigenvalue weighted by Crippen LogP contribution is -2.41. The molecule has 0 bridgehead atoms. The summed E-state index contributed by atoms with van der Waals surface area (Å²) in [6.07, 6.45) is 0. The van der Waals surface area contributed by atoms with Gasteiger partial charge in [0.2, 0.25) is 0 Å². The minimum absolute atomic E-state index is 0.223. The summed E-state index contributed by atoms with van der Waals surface area (Å²) in [5.74, 6) is -0.160. The van der Waals surface area contributed by atoms with Crippen molar-refractivity contribution < 1.29 is 18.4 Å². The van der Waals surface area contributed by atoms with Crippen LogP contribution in [0.1, 0.15) is 34.6 Å². The second kappa shape index (κ2) is 8.56. The van der Waals surface area contributed by atoms with Crippen LogP contribution in [0.2, 0.25) is 0 Å². The third-order valence-electron chi connectivity index (χ3n) is 4.35. The zero-order valence-electron chi connectivity index (χ0n) is 15.7. The molecule has 0 spiro atoms. The summed E-state index contributed by atoms with van der Waals surface area (Å²) in [5, 5.41) is 9.06. The number of furan rings is 1. The van der Waals surface area contributed by atoms with E-state index in [0.29, 0.717) is 11.3 Å². The molecule has 3 N–H and O–H groups in total. The monoisotopic (exact) mass is 383 g/mol. The first-order chi connectivity index (χ1) is 13.4. The fraction of sp³-hybridized carbons (Fsp3) is 0.238. The van der Waals surface area contributed by atoms with E-state index in [1.165, 1.54) is 6.07 Å². The predicted molar refractivity (Wildman–Crippen MR) is 105 cm³/mol. The number of nitrogens with one attached hydrogen (secondary N) is 3. The van der Waals surface area contributed by atoms with Crippen molar-refractivity contribution in [1.82, 2.24) is 16.0 Å². The Morgan fingerprint density at radius 3 is 2.57 bits per heavy atom. The van der Waals surface area contributed by atoms with E-state index < -0.39 is 11.7 Å². The molecule has 0 radical (unpaired) electrons. The quantitative estimate of drug-likeness (QED) is 0.568. The van der Waals surface area contributed by atoms with Crippen molar-refractivity contribution in [2.75, 3.05) is 13.1 Å². The summed E-state index contributed by atoms with van der Waals surface area (Å²) in [6, 6.07) is 13.1. The highest BCUT2D eigenvalue weighted by Gasteiger charge is 2.14. The Balaban J connectivity index is 1.42. The SMILES string of the molecule is Cc1ccc(C(=O)NCCNC(=O)NC(C)c2cc3ccccc3o2)cc1F. The number of aryl methyl sites for hydroxylation is 1. The molecule has 0 aliphatic carbocycles. The molecular weight excluding hydrogens is 361 g/mol. The molecule has 0 aliphatic rings. The minimum atomic E-state index is -0.426. The zero-order valence-corrected chi connectivity index (χ0v) is 15.7. The van der Waals surface area contributed by atoms with Crippen LogP contribution in [0.15, 0.2) is 52.9 Å². The first-order valence-corrected chi connectivity index (χ1v) is 9.01. The van der Waals surface area contributed by atoms with Gasteiger partial charge in [0.05, 0.1) is 6.04 Å². The van der Waals surface area contributed by atoms with Crippen LogP contribution in [0.5, 0.6) is 0 Å². The summed E-state index contributed by atoms with van der Waals surface area (Å²) in [5.41, 5.74) is 1.49. The maximum Gasteiger partial charge on any atom is 0.315 e. The second-order valence-corrected chi connectivity index (χ2v) is 6.53. The largest absolute Gasteiger partial charge is 0.459 e. The third-order valence-corrected chi connectivity index (χ3v) is 4.35. The van der Waals surface area contributed by atoms with Crippen LogP contribution in [0.25, 0.3) is 11.0 Å². The van der Waals surface area contributed by atoms with Gasteiger partial charge in [0.15, 0.2) is 0 Å². The van der Waals surface area contributed by atoms with E-state index in [1.807, 2.05) is 37.3 Å². The van der Waals surface area contributed by atoms with Gasteiger partial charge in [-0.05, 0) is 43.7 Å². The molecule has 1 unspecified atom stereocenters. The molecular formula is C21H22FN3O3. The summed E-state index contributed by atoms with van der Waals surface area (Å²) in [4.78, 5) is 24.0. The fourth-order valence-electron chi connectivity index (χ4n) is 2.72. The topological polar surface area (TPSA) is 83.4 Å². The van der Waals surface area contributed by atoms with Crippen LogP contribution < -0.4 is 16.0 Å². The Bertz CT molecular complexity index is 966. The molecule has 1 aromatic heterocycles. The van der Waals surface area contributed by atoms with Crippen molar-refractivity contribution >= 4 is 22.9 Å². The fourth-order valence-corrected chi connectivity index (χ4v) is 2.72. The van der Waals surface area contributed by atoms with Gasteiger partial charge in [-0.15, -0.1) is 0 Å². The van der Waals surface area contributed by atoms with Gasteiger partial charge in [-0.1, -0.05) is 24.3 Å². The normalized spacial score (nSPS) is 11.8. The number of hydrogen-bond donors (Lipinski definition) is 3. The molecule has 2 aromatic carbocycles. The molecule has 1 atom stereocenters. The van der Waals surface area contributed by atoms with Gasteiger partial charge in [0.1, 0.15) is 17.2 Å². The van der Waals surface area contributed by atoms with Gasteiger partial charge >= 0.3 is 6.03 Å². The van der Waals surface area contributed by atoms with E-state index in [-0.39, 0.29) is 30.7 Å². The number of benzene rings is 2. The number of rotatable bonds is 6. The number of halogens is 1. The Morgan fingerprint density at radius 2 is 1.82 bits per heavy atom. The number of carbonyl (C=O) groups is 2. The van der Waals surface area contributed by atoms with Gasteiger partial charge in [-0.3, -0.25) is 4.79 Å². The number of hydrogen-bond acceptors (Lipinski definition) is 3. The Morgan fingerprint density at radius 1 is 1.07 bits per heavy atom. The number of amides is 3. The first kappa shape index (κ1) is 19.4. The lowest BCUT2D eigenvalue weighted by atomic mass is 10.1. The van der Waals surface area contributed by atoms with Crippen molar-refractivity contribution in [1.29, 1.82) is 0 Å². The summed E-state index contributed by atoms with van der Waals surface area (Å²) in [7, 11) is 0. The molecule has 146 valence electrons. The molecule has 28 heavy (non-hydrogen) atoms. The van der Waals surface area contributed by atoms with Crippen LogP contribution in [0.3, 0.4) is 0 Å². The summed E-state index contributed by atoms with van der Waals surface area (Å²) >= 11 is 0. The minimum Gasteiger partial charge on any atom is -0.459 e. The lowest BCUT2D eigenvalue weighted by molar-refractivity contribution is 0.0953. The second-order valence-electron chi connectivity index (χ2n) is 6.53. The average Bonchev–Trinajstić information content (AvgIpc) is 3.11. The molecule has 0 aliphatic heterocycles. The summed E-state index contributed by atoms with van der Waals surface area (Å²) in [6.45, 7) is 3.91. The van der Waals surface area contributed by atoms with E-state index in [0.717, 1.165) is 11.0 Å². The highest BCUT2D eigenvalue weighted by molar-refractivity contribution is 5.94. The molecule has 7 heteroatoms. The van der Waals surface area contributed by atoms with Gasteiger partial charge in [-0.2, -0.15) is 0 Å². The number of carbonyl (C=O) groups excluding carboxylic acids is 2. The number of fused-ring (bicyclic) bond motifs is 1. The van der Waals surface area contributed by atoms with E-state index in [9.17, 15) is 14.0 Å². The molecule has 0 saturated carbocycles. The van der Waals surface area contributed by atoms with Crippen LogP contribution in [-0.4, -0.2) is 25.0 Å². The molecule has 6 nitrogen and oxygen atoms in total. The third kappa shape index (κ3) is 4.68. The molecule has 0 saturated heterocycles. The maximum atomic E-state index is 13.5. The zero-order chi connectivity index (χ0) is 20.1. The highest BCUT2D eigenvalue weighted by atomic mass is 19.1. The van der Waals surface area contributed by atoms with Crippen molar-refractivity contribution in [3.63, 3.8) is 0 Å². The van der Waals surface area contributed by atoms with Crippen LogP contribution in [0.4, 0.5) is 9.18 Å². The highest BCUT2D eigenvalue weighted by Crippen LogP contribution is 2.23. The van der Waals surface area contributed by atoms with Crippen LogP contribution in [-0.2, 0) is 0 Å². The van der Waals surface area contributed by atoms with Crippen LogP contribution >= 0.6 is 0 Å².